The molecule has 3 rings (SSSR count). The fourth-order valence-corrected chi connectivity index (χ4v) is 4.76. The van der Waals surface area contributed by atoms with Crippen LogP contribution in [0.1, 0.15) is 43.6 Å². The normalized spacial score (nSPS) is 11.8. The van der Waals surface area contributed by atoms with E-state index in [1.165, 1.54) is 0 Å². The molecule has 3 amide bonds. The van der Waals surface area contributed by atoms with Gasteiger partial charge in [-0.2, -0.15) is 0 Å². The van der Waals surface area contributed by atoms with Crippen molar-refractivity contribution < 1.29 is 24.2 Å². The molecule has 0 aliphatic rings. The molecular formula is C29H38IN5O5. The lowest BCUT2D eigenvalue weighted by Crippen LogP contribution is -2.35. The number of aliphatic hydroxyl groups is 1. The second-order valence-electron chi connectivity index (χ2n) is 9.02. The number of halogens is 1. The van der Waals surface area contributed by atoms with Gasteiger partial charge in [-0.25, -0.2) is 4.79 Å². The van der Waals surface area contributed by atoms with Crippen LogP contribution < -0.4 is 25.4 Å². The molecule has 0 unspecified atom stereocenters. The van der Waals surface area contributed by atoms with Gasteiger partial charge in [0.25, 0.3) is 5.91 Å². The fraction of sp³-hybridized carbons (Fsp3) is 0.414. The number of carbonyl (C=O) groups is 2. The molecule has 3 aromatic rings. The molecule has 10 nitrogen and oxygen atoms in total. The Bertz CT molecular complexity index is 1300. The molecule has 2 aromatic carbocycles. The van der Waals surface area contributed by atoms with Crippen molar-refractivity contribution in [2.45, 2.75) is 38.2 Å². The van der Waals surface area contributed by atoms with Gasteiger partial charge in [-0.15, -0.1) is 0 Å². The fourth-order valence-electron chi connectivity index (χ4n) is 4.13. The second kappa shape index (κ2) is 15.6. The summed E-state index contributed by atoms with van der Waals surface area (Å²) in [4.78, 5) is 31.6. The standard InChI is InChI=1S/C29H38IN5O5/c1-5-31-28(37)23-14-22-25(15-27(23)39-18-20(36)17-35(7-3)8-4)33-12-11-26(22)40-21-9-10-24(19(13-21)16-30)34-29(38)32-6-2/h9-15,20,36H,5-8,16-18H2,1-4H3,(H,31,37)(H2,32,34,38)/t20-/m1/s1. The Hall–Kier alpha value is -3.16. The number of aromatic nitrogens is 1. The van der Waals surface area contributed by atoms with E-state index in [1.807, 2.05) is 33.8 Å². The molecular weight excluding hydrogens is 625 g/mol. The lowest BCUT2D eigenvalue weighted by Gasteiger charge is -2.22. The maximum Gasteiger partial charge on any atom is 0.319 e. The molecule has 1 atom stereocenters. The van der Waals surface area contributed by atoms with Gasteiger partial charge >= 0.3 is 6.03 Å². The molecule has 11 heteroatoms. The van der Waals surface area contributed by atoms with Crippen LogP contribution in [0, 0.1) is 0 Å². The number of likely N-dealkylation sites (N-methyl/N-ethyl adjacent to an activating group) is 1. The van der Waals surface area contributed by atoms with Crippen molar-refractivity contribution in [1.29, 1.82) is 0 Å². The van der Waals surface area contributed by atoms with Gasteiger partial charge in [0, 0.05) is 47.4 Å². The number of nitrogens with zero attached hydrogens (tertiary/aromatic N) is 2. The maximum absolute atomic E-state index is 13.0. The van der Waals surface area contributed by atoms with Crippen molar-refractivity contribution in [1.82, 2.24) is 20.5 Å². The van der Waals surface area contributed by atoms with E-state index in [1.54, 1.807) is 36.5 Å². The van der Waals surface area contributed by atoms with Crippen LogP contribution in [0.2, 0.25) is 0 Å². The second-order valence-corrected chi connectivity index (χ2v) is 9.79. The number of ether oxygens (including phenoxy) is 2. The largest absolute Gasteiger partial charge is 0.490 e. The van der Waals surface area contributed by atoms with E-state index in [0.717, 1.165) is 18.7 Å². The Labute approximate surface area is 249 Å². The number of urea groups is 1. The first-order chi connectivity index (χ1) is 19.3. The van der Waals surface area contributed by atoms with Gasteiger partial charge in [0.15, 0.2) is 0 Å². The monoisotopic (exact) mass is 663 g/mol. The molecule has 0 saturated carbocycles. The Kier molecular flexibility index (Phi) is 12.2. The lowest BCUT2D eigenvalue weighted by atomic mass is 10.1. The highest BCUT2D eigenvalue weighted by molar-refractivity contribution is 14.1. The van der Waals surface area contributed by atoms with Crippen LogP contribution in [-0.4, -0.2) is 72.4 Å². The zero-order valence-corrected chi connectivity index (χ0v) is 25.6. The minimum absolute atomic E-state index is 0.0420. The number of alkyl halides is 1. The van der Waals surface area contributed by atoms with Crippen molar-refractivity contribution in [2.24, 2.45) is 0 Å². The number of amides is 3. The van der Waals surface area contributed by atoms with Crippen molar-refractivity contribution >= 4 is 51.1 Å². The number of hydrogen-bond donors (Lipinski definition) is 4. The van der Waals surface area contributed by atoms with Crippen LogP contribution in [0.3, 0.4) is 0 Å². The number of anilines is 1. The van der Waals surface area contributed by atoms with E-state index in [9.17, 15) is 14.7 Å². The van der Waals surface area contributed by atoms with Crippen LogP contribution in [-0.2, 0) is 4.43 Å². The molecule has 0 spiro atoms. The number of rotatable bonds is 14. The van der Waals surface area contributed by atoms with E-state index < -0.39 is 6.10 Å². The lowest BCUT2D eigenvalue weighted by molar-refractivity contribution is 0.0706. The van der Waals surface area contributed by atoms with Crippen molar-refractivity contribution in [3.05, 3.63) is 53.7 Å². The molecule has 0 saturated heterocycles. The van der Waals surface area contributed by atoms with E-state index in [-0.39, 0.29) is 18.5 Å². The number of carbonyl (C=O) groups excluding carboxylic acids is 2. The number of nitrogens with one attached hydrogen (secondary N) is 3. The summed E-state index contributed by atoms with van der Waals surface area (Å²) in [5.41, 5.74) is 2.53. The van der Waals surface area contributed by atoms with E-state index in [4.69, 9.17) is 9.47 Å². The number of fused-ring (bicyclic) bond motifs is 1. The van der Waals surface area contributed by atoms with Crippen LogP contribution in [0.15, 0.2) is 42.6 Å². The summed E-state index contributed by atoms with van der Waals surface area (Å²) in [6.07, 6.45) is 0.921. The van der Waals surface area contributed by atoms with E-state index in [2.05, 4.69) is 48.4 Å². The van der Waals surface area contributed by atoms with Gasteiger partial charge < -0.3 is 35.4 Å². The minimum Gasteiger partial charge on any atom is -0.490 e. The number of hydrogen-bond acceptors (Lipinski definition) is 7. The van der Waals surface area contributed by atoms with Crippen LogP contribution in [0.25, 0.3) is 10.9 Å². The number of aliphatic hydroxyl groups excluding tert-OH is 1. The van der Waals surface area contributed by atoms with Crippen LogP contribution in [0.5, 0.6) is 17.2 Å². The zero-order valence-electron chi connectivity index (χ0n) is 23.4. The van der Waals surface area contributed by atoms with Gasteiger partial charge in [0.1, 0.15) is 30.0 Å². The van der Waals surface area contributed by atoms with Crippen LogP contribution >= 0.6 is 22.6 Å². The molecule has 0 aliphatic carbocycles. The average Bonchev–Trinajstić information content (AvgIpc) is 2.95. The Morgan fingerprint density at radius 3 is 2.45 bits per heavy atom. The molecule has 1 aromatic heterocycles. The topological polar surface area (TPSA) is 125 Å². The van der Waals surface area contributed by atoms with Crippen LogP contribution in [0.4, 0.5) is 10.5 Å². The number of benzene rings is 2. The highest BCUT2D eigenvalue weighted by Crippen LogP contribution is 2.35. The van der Waals surface area contributed by atoms with Crippen molar-refractivity contribution in [3.63, 3.8) is 0 Å². The van der Waals surface area contributed by atoms with Crippen molar-refractivity contribution in [2.75, 3.05) is 44.6 Å². The van der Waals surface area contributed by atoms with Crippen molar-refractivity contribution in [3.8, 4) is 17.2 Å². The van der Waals surface area contributed by atoms with Gasteiger partial charge in [-0.3, -0.25) is 9.78 Å². The highest BCUT2D eigenvalue weighted by atomic mass is 127. The summed E-state index contributed by atoms with van der Waals surface area (Å²) in [7, 11) is 0. The SMILES string of the molecule is CCNC(=O)Nc1ccc(Oc2ccnc3cc(OC[C@H](O)CN(CC)CC)c(C(=O)NCC)cc23)cc1CI. The summed E-state index contributed by atoms with van der Waals surface area (Å²) < 4.78 is 12.9. The summed E-state index contributed by atoms with van der Waals surface area (Å²) in [5, 5.41) is 19.6. The Morgan fingerprint density at radius 2 is 1.77 bits per heavy atom. The molecule has 0 bridgehead atoms. The summed E-state index contributed by atoms with van der Waals surface area (Å²) in [5.74, 6) is 1.16. The maximum atomic E-state index is 13.0. The molecule has 0 fully saturated rings. The summed E-state index contributed by atoms with van der Waals surface area (Å²) in [6.45, 7) is 10.9. The third-order valence-electron chi connectivity index (χ3n) is 6.21. The van der Waals surface area contributed by atoms with Gasteiger partial charge in [0.2, 0.25) is 0 Å². The molecule has 216 valence electrons. The van der Waals surface area contributed by atoms with Gasteiger partial charge in [0.05, 0.1) is 11.1 Å². The molecule has 40 heavy (non-hydrogen) atoms. The third kappa shape index (κ3) is 8.42. The Balaban J connectivity index is 1.91. The first kappa shape index (κ1) is 31.4. The molecule has 0 aliphatic heterocycles. The first-order valence-electron chi connectivity index (χ1n) is 13.5. The number of pyridine rings is 1. The third-order valence-corrected chi connectivity index (χ3v) is 7.04. The Morgan fingerprint density at radius 1 is 1.02 bits per heavy atom. The predicted octanol–water partition coefficient (Wildman–Crippen LogP) is 4.93. The smallest absolute Gasteiger partial charge is 0.319 e. The minimum atomic E-state index is -0.710. The van der Waals surface area contributed by atoms with E-state index >= 15 is 0 Å². The quantitative estimate of drug-likeness (QED) is 0.142. The van der Waals surface area contributed by atoms with E-state index in [0.29, 0.717) is 63.5 Å². The molecule has 4 N–H and O–H groups in total. The first-order valence-corrected chi connectivity index (χ1v) is 15.0. The molecule has 1 heterocycles. The summed E-state index contributed by atoms with van der Waals surface area (Å²) >= 11 is 2.24. The summed E-state index contributed by atoms with van der Waals surface area (Å²) in [6, 6.07) is 10.3. The zero-order chi connectivity index (χ0) is 29.1. The predicted molar refractivity (Wildman–Crippen MR) is 166 cm³/mol. The van der Waals surface area contributed by atoms with Gasteiger partial charge in [-0.05, 0) is 62.8 Å². The molecule has 0 radical (unpaired) electrons. The average molecular weight is 664 g/mol. The van der Waals surface area contributed by atoms with Gasteiger partial charge in [-0.1, -0.05) is 36.4 Å². The highest BCUT2D eigenvalue weighted by Gasteiger charge is 2.19.